The van der Waals surface area contributed by atoms with Crippen molar-refractivity contribution in [2.45, 2.75) is 64.2 Å². The molecule has 24 heavy (non-hydrogen) atoms. The fourth-order valence-corrected chi connectivity index (χ4v) is 3.54. The van der Waals surface area contributed by atoms with Crippen LogP contribution >= 0.6 is 0 Å². The van der Waals surface area contributed by atoms with Gasteiger partial charge in [0.1, 0.15) is 11.3 Å². The van der Waals surface area contributed by atoms with Gasteiger partial charge in [0, 0.05) is 18.5 Å². The largest absolute Gasteiger partial charge is 0.418 e. The Kier molecular flexibility index (Phi) is 4.60. The van der Waals surface area contributed by atoms with Crippen molar-refractivity contribution in [2.24, 2.45) is 0 Å². The van der Waals surface area contributed by atoms with Crippen LogP contribution in [0.1, 0.15) is 62.4 Å². The molecule has 1 N–H and O–H groups in total. The van der Waals surface area contributed by atoms with Gasteiger partial charge in [-0.3, -0.25) is 4.90 Å². The number of halogens is 3. The lowest BCUT2D eigenvalue weighted by Gasteiger charge is -2.24. The molecular weight excluding hydrogens is 315 g/mol. The van der Waals surface area contributed by atoms with E-state index < -0.39 is 11.7 Å². The molecule has 6 heteroatoms. The summed E-state index contributed by atoms with van der Waals surface area (Å²) < 4.78 is 40.4. The van der Waals surface area contributed by atoms with E-state index in [9.17, 15) is 13.2 Å². The maximum Gasteiger partial charge on any atom is 0.418 e. The highest BCUT2D eigenvalue weighted by Crippen LogP contribution is 2.36. The second-order valence-corrected chi connectivity index (χ2v) is 7.17. The van der Waals surface area contributed by atoms with E-state index in [1.54, 1.807) is 0 Å². The molecule has 1 aliphatic carbocycles. The van der Waals surface area contributed by atoms with Crippen LogP contribution in [-0.4, -0.2) is 28.0 Å². The van der Waals surface area contributed by atoms with Gasteiger partial charge in [0.2, 0.25) is 0 Å². The quantitative estimate of drug-likeness (QED) is 0.842. The van der Waals surface area contributed by atoms with Gasteiger partial charge in [0.15, 0.2) is 0 Å². The number of nitrogens with zero attached hydrogens (tertiary/aromatic N) is 2. The first-order valence-electron chi connectivity index (χ1n) is 8.55. The normalized spacial score (nSPS) is 16.8. The molecule has 0 atom stereocenters. The second-order valence-electron chi connectivity index (χ2n) is 7.17. The molecule has 1 aromatic carbocycles. The van der Waals surface area contributed by atoms with Gasteiger partial charge in [-0.1, -0.05) is 26.7 Å². The summed E-state index contributed by atoms with van der Waals surface area (Å²) in [5, 5.41) is 0. The molecule has 1 saturated carbocycles. The van der Waals surface area contributed by atoms with Gasteiger partial charge in [-0.05, 0) is 37.6 Å². The van der Waals surface area contributed by atoms with Crippen LogP contribution < -0.4 is 0 Å². The number of imidazole rings is 1. The first-order chi connectivity index (χ1) is 11.3. The summed E-state index contributed by atoms with van der Waals surface area (Å²) in [5.74, 6) is 0.653. The molecule has 0 radical (unpaired) electrons. The molecule has 0 unspecified atom stereocenters. The van der Waals surface area contributed by atoms with E-state index in [1.807, 2.05) is 27.0 Å². The number of hydrogen-bond donors (Lipinski definition) is 1. The molecule has 1 aliphatic rings. The summed E-state index contributed by atoms with van der Waals surface area (Å²) in [7, 11) is 2.00. The molecule has 1 heterocycles. The second kappa shape index (κ2) is 6.39. The van der Waals surface area contributed by atoms with Crippen LogP contribution in [0.15, 0.2) is 12.1 Å². The van der Waals surface area contributed by atoms with Gasteiger partial charge in [0.25, 0.3) is 0 Å². The lowest BCUT2D eigenvalue weighted by molar-refractivity contribution is -0.136. The Bertz CT molecular complexity index is 712. The number of benzene rings is 1. The molecule has 132 valence electrons. The Labute approximate surface area is 140 Å². The zero-order chi connectivity index (χ0) is 17.5. The van der Waals surface area contributed by atoms with Crippen LogP contribution in [-0.2, 0) is 12.7 Å². The van der Waals surface area contributed by atoms with Gasteiger partial charge in [-0.25, -0.2) is 4.98 Å². The van der Waals surface area contributed by atoms with Crippen molar-refractivity contribution in [1.29, 1.82) is 0 Å². The van der Waals surface area contributed by atoms with Crippen LogP contribution in [0.2, 0.25) is 0 Å². The van der Waals surface area contributed by atoms with E-state index in [4.69, 9.17) is 0 Å². The van der Waals surface area contributed by atoms with E-state index in [-0.39, 0.29) is 11.4 Å². The Morgan fingerprint density at radius 1 is 1.25 bits per heavy atom. The van der Waals surface area contributed by atoms with E-state index >= 15 is 0 Å². The van der Waals surface area contributed by atoms with Crippen LogP contribution in [0.3, 0.4) is 0 Å². The minimum absolute atomic E-state index is 0.0264. The molecule has 0 saturated heterocycles. The number of rotatable bonds is 4. The molecule has 1 aromatic heterocycles. The van der Waals surface area contributed by atoms with Crippen LogP contribution in [0.4, 0.5) is 13.2 Å². The predicted octanol–water partition coefficient (Wildman–Crippen LogP) is 5.08. The van der Waals surface area contributed by atoms with Crippen molar-refractivity contribution in [3.63, 3.8) is 0 Å². The van der Waals surface area contributed by atoms with Gasteiger partial charge < -0.3 is 4.98 Å². The van der Waals surface area contributed by atoms with E-state index in [0.29, 0.717) is 29.5 Å². The van der Waals surface area contributed by atoms with Gasteiger partial charge >= 0.3 is 6.18 Å². The Hall–Kier alpha value is -1.56. The average molecular weight is 339 g/mol. The van der Waals surface area contributed by atoms with Crippen molar-refractivity contribution >= 4 is 11.0 Å². The summed E-state index contributed by atoms with van der Waals surface area (Å²) in [6, 6.07) is 3.55. The van der Waals surface area contributed by atoms with Crippen LogP contribution in [0.25, 0.3) is 11.0 Å². The standard InChI is InChI=1S/C18H24F3N3/c1-11(2)17-22-15-9-12(10-24(3)13-6-4-5-7-13)8-14(16(15)23-17)18(19,20)21/h8-9,11,13H,4-7,10H2,1-3H3,(H,22,23). The maximum absolute atomic E-state index is 13.5. The Morgan fingerprint density at radius 2 is 1.92 bits per heavy atom. The molecule has 3 rings (SSSR count). The zero-order valence-corrected chi connectivity index (χ0v) is 14.4. The van der Waals surface area contributed by atoms with Gasteiger partial charge in [-0.15, -0.1) is 0 Å². The van der Waals surface area contributed by atoms with E-state index in [1.165, 1.54) is 18.9 Å². The summed E-state index contributed by atoms with van der Waals surface area (Å²) in [6.07, 6.45) is 0.281. The zero-order valence-electron chi connectivity index (χ0n) is 14.4. The number of fused-ring (bicyclic) bond motifs is 1. The molecule has 0 bridgehead atoms. The summed E-state index contributed by atoms with van der Waals surface area (Å²) in [5.41, 5.74) is 0.544. The van der Waals surface area contributed by atoms with E-state index in [2.05, 4.69) is 14.9 Å². The Morgan fingerprint density at radius 3 is 2.50 bits per heavy atom. The Balaban J connectivity index is 1.99. The van der Waals surface area contributed by atoms with Gasteiger partial charge in [0.05, 0.1) is 11.1 Å². The molecular formula is C18H24F3N3. The van der Waals surface area contributed by atoms with Crippen molar-refractivity contribution < 1.29 is 13.2 Å². The number of H-pyrrole nitrogens is 1. The summed E-state index contributed by atoms with van der Waals surface area (Å²) in [4.78, 5) is 9.42. The lowest BCUT2D eigenvalue weighted by Crippen LogP contribution is -2.28. The topological polar surface area (TPSA) is 31.9 Å². The average Bonchev–Trinajstić information content (AvgIpc) is 3.14. The van der Waals surface area contributed by atoms with Crippen LogP contribution in [0, 0.1) is 0 Å². The summed E-state index contributed by atoms with van der Waals surface area (Å²) >= 11 is 0. The van der Waals surface area contributed by atoms with E-state index in [0.717, 1.165) is 12.8 Å². The highest BCUT2D eigenvalue weighted by atomic mass is 19.4. The lowest BCUT2D eigenvalue weighted by atomic mass is 10.1. The molecule has 1 fully saturated rings. The number of alkyl halides is 3. The highest BCUT2D eigenvalue weighted by Gasteiger charge is 2.35. The van der Waals surface area contributed by atoms with Crippen molar-refractivity contribution in [1.82, 2.24) is 14.9 Å². The number of aromatic nitrogens is 2. The molecule has 2 aromatic rings. The first-order valence-corrected chi connectivity index (χ1v) is 8.55. The predicted molar refractivity (Wildman–Crippen MR) is 88.9 cm³/mol. The van der Waals surface area contributed by atoms with Crippen molar-refractivity contribution in [3.8, 4) is 0 Å². The monoisotopic (exact) mass is 339 g/mol. The number of nitrogens with one attached hydrogen (secondary N) is 1. The van der Waals surface area contributed by atoms with Crippen molar-refractivity contribution in [2.75, 3.05) is 7.05 Å². The first kappa shape index (κ1) is 17.3. The third-order valence-corrected chi connectivity index (χ3v) is 4.90. The smallest absolute Gasteiger partial charge is 0.342 e. The third kappa shape index (κ3) is 3.43. The van der Waals surface area contributed by atoms with Gasteiger partial charge in [-0.2, -0.15) is 13.2 Å². The fourth-order valence-electron chi connectivity index (χ4n) is 3.54. The molecule has 0 aliphatic heterocycles. The van der Waals surface area contributed by atoms with Crippen molar-refractivity contribution in [3.05, 3.63) is 29.1 Å². The number of aromatic amines is 1. The minimum Gasteiger partial charge on any atom is -0.342 e. The molecule has 0 amide bonds. The maximum atomic E-state index is 13.5. The molecule has 0 spiro atoms. The third-order valence-electron chi connectivity index (χ3n) is 4.90. The fraction of sp³-hybridized carbons (Fsp3) is 0.611. The minimum atomic E-state index is -4.40. The SMILES string of the molecule is CC(C)c1nc2c(C(F)(F)F)cc(CN(C)C3CCCC3)cc2[nH]1. The van der Waals surface area contributed by atoms with Crippen LogP contribution in [0.5, 0.6) is 0 Å². The highest BCUT2D eigenvalue weighted by molar-refractivity contribution is 5.80. The summed E-state index contributed by atoms with van der Waals surface area (Å²) in [6.45, 7) is 4.36. The molecule has 3 nitrogen and oxygen atoms in total. The number of hydrogen-bond acceptors (Lipinski definition) is 2.